The first-order valence-corrected chi connectivity index (χ1v) is 4.11. The van der Waals surface area contributed by atoms with Gasteiger partial charge in [0.25, 0.3) is 0 Å². The second kappa shape index (κ2) is 2.72. The standard InChI is InChI=1S/C8H17N3/c1-8(2)5-3-4-6(8)7(9)11-10/h6H,3-5,10H2,1-2H3,(H2,9,11). The van der Waals surface area contributed by atoms with E-state index in [1.807, 2.05) is 0 Å². The number of amidine groups is 1. The molecule has 1 saturated carbocycles. The third kappa shape index (κ3) is 1.47. The maximum atomic E-state index is 5.68. The lowest BCUT2D eigenvalue weighted by Crippen LogP contribution is -2.32. The van der Waals surface area contributed by atoms with Crippen molar-refractivity contribution >= 4 is 5.84 Å². The molecular formula is C8H17N3. The third-order valence-corrected chi connectivity index (χ3v) is 2.76. The van der Waals surface area contributed by atoms with Crippen LogP contribution in [0.1, 0.15) is 33.1 Å². The van der Waals surface area contributed by atoms with Gasteiger partial charge in [-0.25, -0.2) is 0 Å². The molecule has 1 rings (SSSR count). The average molecular weight is 155 g/mol. The fraction of sp³-hybridized carbons (Fsp3) is 0.875. The molecule has 0 aliphatic heterocycles. The number of nitrogens with two attached hydrogens (primary N) is 2. The van der Waals surface area contributed by atoms with Gasteiger partial charge >= 0.3 is 0 Å². The summed E-state index contributed by atoms with van der Waals surface area (Å²) in [5.41, 5.74) is 5.98. The van der Waals surface area contributed by atoms with Crippen LogP contribution in [0.4, 0.5) is 0 Å². The Morgan fingerprint density at radius 2 is 2.18 bits per heavy atom. The molecule has 0 radical (unpaired) electrons. The molecular weight excluding hydrogens is 138 g/mol. The summed E-state index contributed by atoms with van der Waals surface area (Å²) in [4.78, 5) is 0. The zero-order valence-corrected chi connectivity index (χ0v) is 7.30. The van der Waals surface area contributed by atoms with Crippen molar-refractivity contribution < 1.29 is 0 Å². The molecule has 3 nitrogen and oxygen atoms in total. The highest BCUT2D eigenvalue weighted by molar-refractivity contribution is 5.83. The minimum absolute atomic E-state index is 0.299. The quantitative estimate of drug-likeness (QED) is 0.257. The fourth-order valence-electron chi connectivity index (χ4n) is 1.96. The Kier molecular flexibility index (Phi) is 2.07. The van der Waals surface area contributed by atoms with Crippen molar-refractivity contribution in [2.45, 2.75) is 33.1 Å². The molecule has 1 aliphatic rings. The highest BCUT2D eigenvalue weighted by atomic mass is 15.2. The van der Waals surface area contributed by atoms with E-state index in [1.54, 1.807) is 0 Å². The highest BCUT2D eigenvalue weighted by Gasteiger charge is 2.36. The van der Waals surface area contributed by atoms with E-state index < -0.39 is 0 Å². The van der Waals surface area contributed by atoms with E-state index in [-0.39, 0.29) is 0 Å². The van der Waals surface area contributed by atoms with Crippen molar-refractivity contribution in [3.05, 3.63) is 0 Å². The minimum atomic E-state index is 0.299. The number of rotatable bonds is 1. The van der Waals surface area contributed by atoms with Crippen molar-refractivity contribution in [2.75, 3.05) is 0 Å². The summed E-state index contributed by atoms with van der Waals surface area (Å²) in [5, 5.41) is 3.56. The number of nitrogens with zero attached hydrogens (tertiary/aromatic N) is 1. The van der Waals surface area contributed by atoms with E-state index in [9.17, 15) is 0 Å². The van der Waals surface area contributed by atoms with E-state index in [4.69, 9.17) is 11.6 Å². The Morgan fingerprint density at radius 1 is 1.55 bits per heavy atom. The molecule has 1 fully saturated rings. The molecule has 11 heavy (non-hydrogen) atoms. The van der Waals surface area contributed by atoms with Gasteiger partial charge in [0, 0.05) is 5.92 Å². The van der Waals surface area contributed by atoms with Crippen molar-refractivity contribution in [3.8, 4) is 0 Å². The lowest BCUT2D eigenvalue weighted by molar-refractivity contribution is 0.325. The minimum Gasteiger partial charge on any atom is -0.385 e. The monoisotopic (exact) mass is 155 g/mol. The molecule has 64 valence electrons. The van der Waals surface area contributed by atoms with Crippen molar-refractivity contribution in [1.29, 1.82) is 0 Å². The molecule has 0 aromatic rings. The van der Waals surface area contributed by atoms with Crippen LogP contribution in [-0.2, 0) is 0 Å². The molecule has 3 heteroatoms. The summed E-state index contributed by atoms with van der Waals surface area (Å²) in [6.45, 7) is 4.45. The van der Waals surface area contributed by atoms with Crippen molar-refractivity contribution in [1.82, 2.24) is 0 Å². The van der Waals surface area contributed by atoms with E-state index in [0.717, 1.165) is 6.42 Å². The van der Waals surface area contributed by atoms with Crippen LogP contribution in [-0.4, -0.2) is 5.84 Å². The lowest BCUT2D eigenvalue weighted by atomic mass is 9.81. The summed E-state index contributed by atoms with van der Waals surface area (Å²) in [6.07, 6.45) is 3.61. The largest absolute Gasteiger partial charge is 0.385 e. The topological polar surface area (TPSA) is 64.4 Å². The third-order valence-electron chi connectivity index (χ3n) is 2.76. The number of hydrazone groups is 1. The molecule has 0 aromatic heterocycles. The zero-order valence-electron chi connectivity index (χ0n) is 7.30. The van der Waals surface area contributed by atoms with Gasteiger partial charge in [-0.1, -0.05) is 20.3 Å². The second-order valence-electron chi connectivity index (χ2n) is 3.99. The maximum absolute atomic E-state index is 5.68. The first kappa shape index (κ1) is 8.37. The van der Waals surface area contributed by atoms with Gasteiger partial charge in [0.1, 0.15) is 5.84 Å². The second-order valence-corrected chi connectivity index (χ2v) is 3.99. The highest BCUT2D eigenvalue weighted by Crippen LogP contribution is 2.42. The van der Waals surface area contributed by atoms with E-state index in [0.29, 0.717) is 17.2 Å². The van der Waals surface area contributed by atoms with Crippen molar-refractivity contribution in [3.63, 3.8) is 0 Å². The Labute approximate surface area is 67.8 Å². The van der Waals surface area contributed by atoms with Gasteiger partial charge < -0.3 is 11.6 Å². The average Bonchev–Trinajstić information content (AvgIpc) is 2.28. The number of hydrogen-bond donors (Lipinski definition) is 2. The van der Waals surface area contributed by atoms with Gasteiger partial charge in [0.2, 0.25) is 0 Å². The van der Waals surface area contributed by atoms with Crippen LogP contribution < -0.4 is 11.6 Å². The molecule has 0 spiro atoms. The molecule has 0 bridgehead atoms. The molecule has 1 aliphatic carbocycles. The van der Waals surface area contributed by atoms with Crippen molar-refractivity contribution in [2.24, 2.45) is 28.0 Å². The summed E-state index contributed by atoms with van der Waals surface area (Å²) in [6, 6.07) is 0. The lowest BCUT2D eigenvalue weighted by Gasteiger charge is -2.25. The van der Waals surface area contributed by atoms with Crippen LogP contribution in [0.5, 0.6) is 0 Å². The molecule has 4 N–H and O–H groups in total. The molecule has 1 atom stereocenters. The normalized spacial score (nSPS) is 30.7. The predicted molar refractivity (Wildman–Crippen MR) is 46.9 cm³/mol. The molecule has 0 amide bonds. The fourth-order valence-corrected chi connectivity index (χ4v) is 1.96. The van der Waals surface area contributed by atoms with Gasteiger partial charge in [0.05, 0.1) is 0 Å². The van der Waals surface area contributed by atoms with Gasteiger partial charge in [0.15, 0.2) is 0 Å². The molecule has 1 unspecified atom stereocenters. The SMILES string of the molecule is CC1(C)CCCC1/C(N)=N/N. The van der Waals surface area contributed by atoms with Crippen LogP contribution in [0.15, 0.2) is 5.10 Å². The van der Waals surface area contributed by atoms with Crippen LogP contribution in [0.3, 0.4) is 0 Å². The first-order valence-electron chi connectivity index (χ1n) is 4.11. The molecule has 0 heterocycles. The maximum Gasteiger partial charge on any atom is 0.123 e. The summed E-state index contributed by atoms with van der Waals surface area (Å²) >= 11 is 0. The van der Waals surface area contributed by atoms with Gasteiger partial charge in [-0.2, -0.15) is 5.10 Å². The zero-order chi connectivity index (χ0) is 8.48. The Morgan fingerprint density at radius 3 is 2.55 bits per heavy atom. The van der Waals surface area contributed by atoms with E-state index >= 15 is 0 Å². The summed E-state index contributed by atoms with van der Waals surface area (Å²) < 4.78 is 0. The van der Waals surface area contributed by atoms with Crippen LogP contribution in [0.2, 0.25) is 0 Å². The molecule has 0 aromatic carbocycles. The van der Waals surface area contributed by atoms with Crippen LogP contribution in [0.25, 0.3) is 0 Å². The summed E-state index contributed by atoms with van der Waals surface area (Å²) in [7, 11) is 0. The Hall–Kier alpha value is -0.730. The van der Waals surface area contributed by atoms with Gasteiger partial charge in [-0.05, 0) is 18.3 Å². The smallest absolute Gasteiger partial charge is 0.123 e. The predicted octanol–water partition coefficient (Wildman–Crippen LogP) is 1.04. The van der Waals surface area contributed by atoms with Gasteiger partial charge in [-0.3, -0.25) is 0 Å². The van der Waals surface area contributed by atoms with Crippen LogP contribution >= 0.6 is 0 Å². The Balaban J connectivity index is 2.73. The molecule has 0 saturated heterocycles. The van der Waals surface area contributed by atoms with Crippen LogP contribution in [0, 0.1) is 11.3 Å². The summed E-state index contributed by atoms with van der Waals surface area (Å²) in [5.74, 6) is 6.15. The van der Waals surface area contributed by atoms with E-state index in [2.05, 4.69) is 18.9 Å². The van der Waals surface area contributed by atoms with Gasteiger partial charge in [-0.15, -0.1) is 0 Å². The first-order chi connectivity index (χ1) is 5.08. The Bertz CT molecular complexity index is 172. The van der Waals surface area contributed by atoms with E-state index in [1.165, 1.54) is 12.8 Å². The number of hydrogen-bond acceptors (Lipinski definition) is 2.